The van der Waals surface area contributed by atoms with Crippen molar-refractivity contribution in [2.24, 2.45) is 0 Å². The molecule has 2 N–H and O–H groups in total. The maximum absolute atomic E-state index is 12.0. The molecule has 1 heterocycles. The molecule has 1 aliphatic heterocycles. The highest BCUT2D eigenvalue weighted by Crippen LogP contribution is 2.28. The van der Waals surface area contributed by atoms with Crippen molar-refractivity contribution in [1.82, 2.24) is 15.5 Å². The van der Waals surface area contributed by atoms with E-state index in [2.05, 4.69) is 45.9 Å². The topological polar surface area (TPSA) is 62.8 Å². The molecule has 1 amide bonds. The van der Waals surface area contributed by atoms with Gasteiger partial charge in [0.1, 0.15) is 0 Å². The third-order valence-corrected chi connectivity index (χ3v) is 5.53. The van der Waals surface area contributed by atoms with Crippen molar-refractivity contribution in [2.45, 2.75) is 58.3 Å². The molecule has 8 heteroatoms. The van der Waals surface area contributed by atoms with Gasteiger partial charge in [0, 0.05) is 24.7 Å². The van der Waals surface area contributed by atoms with Crippen molar-refractivity contribution >= 4 is 30.7 Å². The van der Waals surface area contributed by atoms with E-state index in [1.807, 2.05) is 39.0 Å². The average molecular weight is 513 g/mol. The van der Waals surface area contributed by atoms with Crippen molar-refractivity contribution in [2.75, 3.05) is 26.8 Å². The van der Waals surface area contributed by atoms with E-state index in [9.17, 15) is 4.79 Å². The van der Waals surface area contributed by atoms with Crippen LogP contribution in [0, 0.1) is 0 Å². The largest absolute Gasteiger partial charge is 0.493 e. The van der Waals surface area contributed by atoms with Crippen LogP contribution in [0.3, 0.4) is 0 Å². The van der Waals surface area contributed by atoms with Crippen molar-refractivity contribution in [3.63, 3.8) is 0 Å². The number of carbonyl (C=O) groups excluding carboxylic acids is 1. The van der Waals surface area contributed by atoms with Crippen molar-refractivity contribution in [3.05, 3.63) is 59.7 Å². The highest BCUT2D eigenvalue weighted by Gasteiger charge is 2.19. The number of halogens is 2. The zero-order valence-electron chi connectivity index (χ0n) is 20.6. The molecule has 0 bridgehead atoms. The van der Waals surface area contributed by atoms with Crippen molar-refractivity contribution in [3.8, 4) is 11.5 Å². The highest BCUT2D eigenvalue weighted by molar-refractivity contribution is 5.85. The fourth-order valence-corrected chi connectivity index (χ4v) is 3.94. The molecule has 3 rings (SSSR count). The summed E-state index contributed by atoms with van der Waals surface area (Å²) in [6, 6.07) is 17.1. The Bertz CT molecular complexity index is 867. The van der Waals surface area contributed by atoms with Gasteiger partial charge in [0.2, 0.25) is 0 Å². The Morgan fingerprint density at radius 2 is 1.68 bits per heavy atom. The van der Waals surface area contributed by atoms with Crippen LogP contribution < -0.4 is 20.1 Å². The molecule has 2 aromatic carbocycles. The number of carbonyl (C=O) groups is 1. The lowest BCUT2D eigenvalue weighted by Gasteiger charge is -2.32. The number of ether oxygens (including phenoxy) is 2. The summed E-state index contributed by atoms with van der Waals surface area (Å²) in [5.74, 6) is 1.07. The van der Waals surface area contributed by atoms with Crippen LogP contribution in [0.4, 0.5) is 0 Å². The van der Waals surface area contributed by atoms with Gasteiger partial charge in [-0.3, -0.25) is 9.69 Å². The predicted molar refractivity (Wildman–Crippen MR) is 142 cm³/mol. The van der Waals surface area contributed by atoms with E-state index in [0.717, 1.165) is 44.6 Å². The first-order valence-electron chi connectivity index (χ1n) is 11.4. The maximum atomic E-state index is 12.0. The number of piperidine rings is 1. The lowest BCUT2D eigenvalue weighted by atomic mass is 10.0. The Kier molecular flexibility index (Phi) is 12.7. The number of nitrogens with zero attached hydrogens (tertiary/aromatic N) is 1. The number of rotatable bonds is 9. The van der Waals surface area contributed by atoms with Gasteiger partial charge in [-0.2, -0.15) is 0 Å². The number of benzene rings is 2. The lowest BCUT2D eigenvalue weighted by Crippen LogP contribution is -2.43. The van der Waals surface area contributed by atoms with Crippen molar-refractivity contribution in [1.29, 1.82) is 0 Å². The summed E-state index contributed by atoms with van der Waals surface area (Å²) < 4.78 is 11.2. The minimum atomic E-state index is -0.280. The Labute approximate surface area is 216 Å². The van der Waals surface area contributed by atoms with E-state index in [0.29, 0.717) is 17.5 Å². The van der Waals surface area contributed by atoms with E-state index in [1.165, 1.54) is 5.56 Å². The molecular weight excluding hydrogens is 473 g/mol. The molecule has 0 spiro atoms. The van der Waals surface area contributed by atoms with Gasteiger partial charge in [0.05, 0.1) is 7.11 Å². The fraction of sp³-hybridized carbons (Fsp3) is 0.500. The van der Waals surface area contributed by atoms with Gasteiger partial charge >= 0.3 is 0 Å². The van der Waals surface area contributed by atoms with Gasteiger partial charge in [-0.1, -0.05) is 36.4 Å². The molecule has 1 fully saturated rings. The third kappa shape index (κ3) is 10.1. The molecule has 0 unspecified atom stereocenters. The van der Waals surface area contributed by atoms with Gasteiger partial charge in [-0.25, -0.2) is 0 Å². The third-order valence-electron chi connectivity index (χ3n) is 5.53. The summed E-state index contributed by atoms with van der Waals surface area (Å²) in [6.07, 6.45) is 2.29. The van der Waals surface area contributed by atoms with Gasteiger partial charge in [-0.05, 0) is 70.0 Å². The Morgan fingerprint density at radius 3 is 2.29 bits per heavy atom. The molecule has 1 aliphatic rings. The summed E-state index contributed by atoms with van der Waals surface area (Å²) in [5.41, 5.74) is 2.24. The molecule has 2 aromatic rings. The molecule has 0 aromatic heterocycles. The first-order chi connectivity index (χ1) is 15.3. The van der Waals surface area contributed by atoms with Crippen molar-refractivity contribution < 1.29 is 14.3 Å². The predicted octanol–water partition coefficient (Wildman–Crippen LogP) is 4.59. The minimum Gasteiger partial charge on any atom is -0.493 e. The summed E-state index contributed by atoms with van der Waals surface area (Å²) >= 11 is 0. The number of amides is 1. The molecule has 1 saturated heterocycles. The molecule has 0 radical (unpaired) electrons. The first kappa shape index (κ1) is 30.0. The van der Waals surface area contributed by atoms with Gasteiger partial charge < -0.3 is 20.1 Å². The van der Waals surface area contributed by atoms with Crippen LogP contribution in [-0.2, 0) is 17.9 Å². The standard InChI is InChI=1S/C26H37N3O3.2ClH/c1-26(2,3)28-25(30)19-32-23-11-10-21(16-24(23)31-4)17-27-22-12-14-29(15-13-22)18-20-8-6-5-7-9-20;;/h5-11,16,22,27H,12-15,17-19H2,1-4H3,(H,28,30);2*1H. The second kappa shape index (κ2) is 14.4. The van der Waals surface area contributed by atoms with E-state index < -0.39 is 0 Å². The van der Waals surface area contributed by atoms with Crippen LogP contribution in [0.5, 0.6) is 11.5 Å². The van der Waals surface area contributed by atoms with E-state index in [1.54, 1.807) is 7.11 Å². The summed E-state index contributed by atoms with van der Waals surface area (Å²) in [7, 11) is 1.62. The zero-order chi connectivity index (χ0) is 23.0. The highest BCUT2D eigenvalue weighted by atomic mass is 35.5. The van der Waals surface area contributed by atoms with Crippen LogP contribution in [0.1, 0.15) is 44.7 Å². The average Bonchev–Trinajstić information content (AvgIpc) is 2.77. The molecule has 6 nitrogen and oxygen atoms in total. The van der Waals surface area contributed by atoms with E-state index in [-0.39, 0.29) is 42.9 Å². The Balaban J connectivity index is 0.00000289. The minimum absolute atomic E-state index is 0. The quantitative estimate of drug-likeness (QED) is 0.515. The number of methoxy groups -OCH3 is 1. The Morgan fingerprint density at radius 1 is 1.00 bits per heavy atom. The maximum Gasteiger partial charge on any atom is 0.258 e. The van der Waals surface area contributed by atoms with E-state index >= 15 is 0 Å². The molecule has 34 heavy (non-hydrogen) atoms. The SMILES string of the molecule is COc1cc(CNC2CCN(Cc3ccccc3)CC2)ccc1OCC(=O)NC(C)(C)C.Cl.Cl. The molecule has 190 valence electrons. The van der Waals surface area contributed by atoms with Crippen LogP contribution >= 0.6 is 24.8 Å². The lowest BCUT2D eigenvalue weighted by molar-refractivity contribution is -0.124. The van der Waals surface area contributed by atoms with Gasteiger partial charge in [0.25, 0.3) is 5.91 Å². The number of likely N-dealkylation sites (tertiary alicyclic amines) is 1. The number of hydrogen-bond acceptors (Lipinski definition) is 5. The fourth-order valence-electron chi connectivity index (χ4n) is 3.94. The van der Waals surface area contributed by atoms with Crippen LogP contribution in [0.25, 0.3) is 0 Å². The smallest absolute Gasteiger partial charge is 0.258 e. The number of nitrogens with one attached hydrogen (secondary N) is 2. The second-order valence-electron chi connectivity index (χ2n) is 9.49. The molecule has 0 aliphatic carbocycles. The van der Waals surface area contributed by atoms with Gasteiger partial charge in [0.15, 0.2) is 18.1 Å². The first-order valence-corrected chi connectivity index (χ1v) is 11.4. The van der Waals surface area contributed by atoms with Crippen LogP contribution in [-0.4, -0.2) is 49.2 Å². The zero-order valence-corrected chi connectivity index (χ0v) is 22.3. The number of hydrogen-bond donors (Lipinski definition) is 2. The van der Waals surface area contributed by atoms with Crippen LogP contribution in [0.2, 0.25) is 0 Å². The summed E-state index contributed by atoms with van der Waals surface area (Å²) in [5, 5.41) is 6.58. The summed E-state index contributed by atoms with van der Waals surface area (Å²) in [6.45, 7) is 9.83. The van der Waals surface area contributed by atoms with E-state index in [4.69, 9.17) is 9.47 Å². The normalized spacial score (nSPS) is 14.5. The van der Waals surface area contributed by atoms with Gasteiger partial charge in [-0.15, -0.1) is 24.8 Å². The summed E-state index contributed by atoms with van der Waals surface area (Å²) in [4.78, 5) is 14.5. The van der Waals surface area contributed by atoms with Crippen LogP contribution in [0.15, 0.2) is 48.5 Å². The monoisotopic (exact) mass is 511 g/mol. The molecule has 0 atom stereocenters. The molecular formula is C26H39Cl2N3O3. The Hall–Kier alpha value is -1.99. The molecule has 0 saturated carbocycles. The second-order valence-corrected chi connectivity index (χ2v) is 9.49.